The maximum atomic E-state index is 10.2. The number of benzene rings is 3. The Labute approximate surface area is 127 Å². The second-order valence-electron chi connectivity index (χ2n) is 5.21. The number of fused-ring (bicyclic) bond motifs is 2. The molecule has 1 aliphatic heterocycles. The summed E-state index contributed by atoms with van der Waals surface area (Å²) in [5, 5.41) is 15.7. The summed E-state index contributed by atoms with van der Waals surface area (Å²) in [5.74, 6) is 1.80. The maximum absolute atomic E-state index is 10.2. The molecule has 0 saturated carbocycles. The zero-order chi connectivity index (χ0) is 14.9. The van der Waals surface area contributed by atoms with Crippen molar-refractivity contribution in [1.82, 2.24) is 0 Å². The Kier molecular flexibility index (Phi) is 3.00. The Hall–Kier alpha value is -2.88. The molecule has 22 heavy (non-hydrogen) atoms. The van der Waals surface area contributed by atoms with Crippen molar-refractivity contribution < 1.29 is 14.6 Å². The lowest BCUT2D eigenvalue weighted by Gasteiger charge is -2.11. The summed E-state index contributed by atoms with van der Waals surface area (Å²) in [5.41, 5.74) is 1.81. The van der Waals surface area contributed by atoms with Gasteiger partial charge in [0.05, 0.1) is 0 Å². The van der Waals surface area contributed by atoms with Gasteiger partial charge in [-0.3, -0.25) is 0 Å². The summed E-state index contributed by atoms with van der Waals surface area (Å²) < 4.78 is 10.7. The fourth-order valence-electron chi connectivity index (χ4n) is 2.71. The van der Waals surface area contributed by atoms with Gasteiger partial charge >= 0.3 is 0 Å². The quantitative estimate of drug-likeness (QED) is 0.769. The first kappa shape index (κ1) is 12.8. The number of phenols is 1. The van der Waals surface area contributed by atoms with Crippen LogP contribution in [0, 0.1) is 0 Å². The standard InChI is InChI=1S/C18H15NO3/c20-16-7-5-12-3-1-2-4-14(12)15(16)10-19-13-6-8-17-18(9-13)22-11-21-17/h1-9,19-20H,10-11H2. The molecule has 4 nitrogen and oxygen atoms in total. The van der Waals surface area contributed by atoms with Gasteiger partial charge in [0.1, 0.15) is 5.75 Å². The molecule has 0 spiro atoms. The predicted octanol–water partition coefficient (Wildman–Crippen LogP) is 3.89. The van der Waals surface area contributed by atoms with Crippen LogP contribution in [0.25, 0.3) is 10.8 Å². The topological polar surface area (TPSA) is 50.7 Å². The van der Waals surface area contributed by atoms with Crippen molar-refractivity contribution in [2.45, 2.75) is 6.54 Å². The normalized spacial score (nSPS) is 12.5. The van der Waals surface area contributed by atoms with Crippen molar-refractivity contribution in [1.29, 1.82) is 0 Å². The molecular weight excluding hydrogens is 278 g/mol. The summed E-state index contributed by atoms with van der Waals surface area (Å²) in [4.78, 5) is 0. The van der Waals surface area contributed by atoms with E-state index in [1.807, 2.05) is 48.5 Å². The second-order valence-corrected chi connectivity index (χ2v) is 5.21. The number of rotatable bonds is 3. The van der Waals surface area contributed by atoms with E-state index in [-0.39, 0.29) is 6.79 Å². The minimum absolute atomic E-state index is 0.267. The van der Waals surface area contributed by atoms with Gasteiger partial charge in [0.2, 0.25) is 6.79 Å². The van der Waals surface area contributed by atoms with E-state index in [9.17, 15) is 5.11 Å². The van der Waals surface area contributed by atoms with Crippen molar-refractivity contribution in [2.24, 2.45) is 0 Å². The van der Waals surface area contributed by atoms with E-state index < -0.39 is 0 Å². The van der Waals surface area contributed by atoms with Crippen LogP contribution >= 0.6 is 0 Å². The fraction of sp³-hybridized carbons (Fsp3) is 0.111. The Balaban J connectivity index is 1.63. The van der Waals surface area contributed by atoms with Crippen LogP contribution in [0.4, 0.5) is 5.69 Å². The van der Waals surface area contributed by atoms with Gasteiger partial charge in [-0.1, -0.05) is 30.3 Å². The highest BCUT2D eigenvalue weighted by molar-refractivity contribution is 5.87. The number of nitrogens with one attached hydrogen (secondary N) is 1. The molecule has 0 aliphatic carbocycles. The zero-order valence-corrected chi connectivity index (χ0v) is 11.9. The first-order chi connectivity index (χ1) is 10.8. The molecule has 3 aromatic carbocycles. The molecule has 0 aromatic heterocycles. The van der Waals surface area contributed by atoms with Crippen molar-refractivity contribution in [3.05, 3.63) is 60.2 Å². The summed E-state index contributed by atoms with van der Waals surface area (Å²) in [7, 11) is 0. The lowest BCUT2D eigenvalue weighted by molar-refractivity contribution is 0.174. The Bertz CT molecular complexity index is 845. The molecule has 4 heteroatoms. The molecule has 3 aromatic rings. The summed E-state index contributed by atoms with van der Waals surface area (Å²) in [6, 6.07) is 17.4. The number of hydrogen-bond acceptors (Lipinski definition) is 4. The van der Waals surface area contributed by atoms with Gasteiger partial charge in [0.25, 0.3) is 0 Å². The monoisotopic (exact) mass is 293 g/mol. The van der Waals surface area contributed by atoms with Crippen molar-refractivity contribution >= 4 is 16.5 Å². The molecule has 2 N–H and O–H groups in total. The molecule has 110 valence electrons. The molecule has 1 heterocycles. The smallest absolute Gasteiger partial charge is 0.231 e. The first-order valence-corrected chi connectivity index (χ1v) is 7.14. The summed E-state index contributed by atoms with van der Waals surface area (Å²) >= 11 is 0. The van der Waals surface area contributed by atoms with Crippen molar-refractivity contribution in [3.8, 4) is 17.2 Å². The van der Waals surface area contributed by atoms with Gasteiger partial charge < -0.3 is 19.9 Å². The van der Waals surface area contributed by atoms with Crippen LogP contribution in [0.5, 0.6) is 17.2 Å². The minimum Gasteiger partial charge on any atom is -0.508 e. The van der Waals surface area contributed by atoms with E-state index in [2.05, 4.69) is 5.32 Å². The highest BCUT2D eigenvalue weighted by atomic mass is 16.7. The zero-order valence-electron chi connectivity index (χ0n) is 11.9. The predicted molar refractivity (Wildman–Crippen MR) is 85.5 cm³/mol. The Morgan fingerprint density at radius 1 is 0.955 bits per heavy atom. The van der Waals surface area contributed by atoms with Crippen LogP contribution in [-0.4, -0.2) is 11.9 Å². The summed E-state index contributed by atoms with van der Waals surface area (Å²) in [6.07, 6.45) is 0. The third kappa shape index (κ3) is 2.19. The van der Waals surface area contributed by atoms with Gasteiger partial charge in [-0.05, 0) is 29.0 Å². The Morgan fingerprint density at radius 2 is 1.82 bits per heavy atom. The van der Waals surface area contributed by atoms with Crippen LogP contribution < -0.4 is 14.8 Å². The van der Waals surface area contributed by atoms with Crippen LogP contribution in [0.2, 0.25) is 0 Å². The third-order valence-electron chi connectivity index (χ3n) is 3.86. The molecule has 0 radical (unpaired) electrons. The molecular formula is C18H15NO3. The maximum Gasteiger partial charge on any atom is 0.231 e. The molecule has 0 bridgehead atoms. The van der Waals surface area contributed by atoms with E-state index in [1.165, 1.54) is 0 Å². The number of phenolic OH excluding ortho intramolecular Hbond substituents is 1. The van der Waals surface area contributed by atoms with E-state index in [0.29, 0.717) is 12.3 Å². The van der Waals surface area contributed by atoms with Gasteiger partial charge in [-0.25, -0.2) is 0 Å². The number of hydrogen-bond donors (Lipinski definition) is 2. The average Bonchev–Trinajstić information content (AvgIpc) is 3.01. The average molecular weight is 293 g/mol. The number of anilines is 1. The van der Waals surface area contributed by atoms with Crippen molar-refractivity contribution in [3.63, 3.8) is 0 Å². The highest BCUT2D eigenvalue weighted by Gasteiger charge is 2.13. The molecule has 0 saturated heterocycles. The van der Waals surface area contributed by atoms with Crippen LogP contribution in [0.15, 0.2) is 54.6 Å². The third-order valence-corrected chi connectivity index (χ3v) is 3.86. The van der Waals surface area contributed by atoms with E-state index in [1.54, 1.807) is 6.07 Å². The number of ether oxygens (including phenoxy) is 2. The van der Waals surface area contributed by atoms with E-state index >= 15 is 0 Å². The molecule has 0 unspecified atom stereocenters. The molecule has 0 fully saturated rings. The van der Waals surface area contributed by atoms with Gasteiger partial charge in [-0.15, -0.1) is 0 Å². The summed E-state index contributed by atoms with van der Waals surface area (Å²) in [6.45, 7) is 0.801. The minimum atomic E-state index is 0.267. The van der Waals surface area contributed by atoms with Crippen LogP contribution in [0.1, 0.15) is 5.56 Å². The first-order valence-electron chi connectivity index (χ1n) is 7.14. The van der Waals surface area contributed by atoms with Crippen LogP contribution in [-0.2, 0) is 6.54 Å². The molecule has 0 atom stereocenters. The van der Waals surface area contributed by atoms with Gasteiger partial charge in [0, 0.05) is 23.9 Å². The van der Waals surface area contributed by atoms with E-state index in [0.717, 1.165) is 33.5 Å². The van der Waals surface area contributed by atoms with Crippen molar-refractivity contribution in [2.75, 3.05) is 12.1 Å². The molecule has 0 amide bonds. The Morgan fingerprint density at radius 3 is 2.77 bits per heavy atom. The number of aromatic hydroxyl groups is 1. The molecule has 4 rings (SSSR count). The fourth-order valence-corrected chi connectivity index (χ4v) is 2.71. The molecule has 1 aliphatic rings. The van der Waals surface area contributed by atoms with Gasteiger partial charge in [-0.2, -0.15) is 0 Å². The lowest BCUT2D eigenvalue weighted by atomic mass is 10.0. The highest BCUT2D eigenvalue weighted by Crippen LogP contribution is 2.35. The second kappa shape index (κ2) is 5.15. The van der Waals surface area contributed by atoms with E-state index in [4.69, 9.17) is 9.47 Å². The van der Waals surface area contributed by atoms with Gasteiger partial charge in [0.15, 0.2) is 11.5 Å². The SMILES string of the molecule is Oc1ccc2ccccc2c1CNc1ccc2c(c1)OCO2. The van der Waals surface area contributed by atoms with Crippen LogP contribution in [0.3, 0.4) is 0 Å². The largest absolute Gasteiger partial charge is 0.508 e. The lowest BCUT2D eigenvalue weighted by Crippen LogP contribution is -2.00.